The maximum absolute atomic E-state index is 11.6. The zero-order chi connectivity index (χ0) is 20.4. The average molecular weight is 394 g/mol. The quantitative estimate of drug-likeness (QED) is 0.861. The highest BCUT2D eigenvalue weighted by Crippen LogP contribution is 2.37. The van der Waals surface area contributed by atoms with Crippen molar-refractivity contribution >= 4 is 5.69 Å². The Bertz CT molecular complexity index is 801. The normalized spacial score (nSPS) is 26.8. The van der Waals surface area contributed by atoms with Crippen LogP contribution in [-0.2, 0) is 5.60 Å². The molecule has 156 valence electrons. The summed E-state index contributed by atoms with van der Waals surface area (Å²) in [4.78, 5) is 7.39. The van der Waals surface area contributed by atoms with Crippen molar-refractivity contribution < 1.29 is 5.11 Å². The number of likely N-dealkylation sites (tertiary alicyclic amines) is 1. The van der Waals surface area contributed by atoms with Crippen molar-refractivity contribution in [1.29, 1.82) is 0 Å². The predicted molar refractivity (Wildman–Crippen MR) is 120 cm³/mol. The maximum atomic E-state index is 11.6. The van der Waals surface area contributed by atoms with Gasteiger partial charge in [0.15, 0.2) is 0 Å². The fourth-order valence-corrected chi connectivity index (χ4v) is 5.32. The molecule has 0 aromatic heterocycles. The second kappa shape index (κ2) is 8.47. The molecule has 0 saturated carbocycles. The van der Waals surface area contributed by atoms with Gasteiger partial charge in [0.25, 0.3) is 0 Å². The first-order chi connectivity index (χ1) is 14.0. The lowest BCUT2D eigenvalue weighted by atomic mass is 9.79. The van der Waals surface area contributed by atoms with E-state index in [4.69, 9.17) is 0 Å². The zero-order valence-electron chi connectivity index (χ0n) is 18.1. The molecule has 0 spiro atoms. The van der Waals surface area contributed by atoms with E-state index in [0.717, 1.165) is 38.2 Å². The predicted octanol–water partition coefficient (Wildman–Crippen LogP) is 3.49. The smallest absolute Gasteiger partial charge is 0.107 e. The van der Waals surface area contributed by atoms with Crippen LogP contribution in [-0.4, -0.2) is 67.3 Å². The monoisotopic (exact) mass is 393 g/mol. The van der Waals surface area contributed by atoms with E-state index in [-0.39, 0.29) is 6.04 Å². The van der Waals surface area contributed by atoms with Gasteiger partial charge in [-0.15, -0.1) is 0 Å². The van der Waals surface area contributed by atoms with Gasteiger partial charge >= 0.3 is 0 Å². The van der Waals surface area contributed by atoms with E-state index >= 15 is 0 Å². The molecule has 4 nitrogen and oxygen atoms in total. The Balaban J connectivity index is 1.43. The molecule has 2 heterocycles. The summed E-state index contributed by atoms with van der Waals surface area (Å²) < 4.78 is 0. The van der Waals surface area contributed by atoms with Gasteiger partial charge in [-0.05, 0) is 57.5 Å². The topological polar surface area (TPSA) is 30.0 Å². The number of benzene rings is 2. The third kappa shape index (κ3) is 4.07. The highest BCUT2D eigenvalue weighted by atomic mass is 16.3. The summed E-state index contributed by atoms with van der Waals surface area (Å²) in [5, 5.41) is 11.6. The summed E-state index contributed by atoms with van der Waals surface area (Å²) in [6.07, 6.45) is 3.17. The molecule has 0 unspecified atom stereocenters. The molecule has 4 rings (SSSR count). The molecular formula is C25H35N3O. The number of aryl methyl sites for hydroxylation is 1. The van der Waals surface area contributed by atoms with E-state index < -0.39 is 5.60 Å². The van der Waals surface area contributed by atoms with Crippen LogP contribution in [0.3, 0.4) is 0 Å². The minimum Gasteiger partial charge on any atom is -0.383 e. The van der Waals surface area contributed by atoms with E-state index in [1.165, 1.54) is 24.1 Å². The van der Waals surface area contributed by atoms with Crippen molar-refractivity contribution in [2.75, 3.05) is 45.2 Å². The van der Waals surface area contributed by atoms with Crippen LogP contribution in [0.2, 0.25) is 0 Å². The summed E-state index contributed by atoms with van der Waals surface area (Å²) in [5.74, 6) is 0. The molecule has 2 aliphatic heterocycles. The van der Waals surface area contributed by atoms with Gasteiger partial charge in [0.2, 0.25) is 0 Å². The number of para-hydroxylation sites is 1. The Kier molecular flexibility index (Phi) is 5.95. The largest absolute Gasteiger partial charge is 0.383 e. The number of hydrogen-bond donors (Lipinski definition) is 1. The second-order valence-electron chi connectivity index (χ2n) is 9.02. The first-order valence-corrected chi connectivity index (χ1v) is 11.0. The van der Waals surface area contributed by atoms with E-state index in [0.29, 0.717) is 6.04 Å². The van der Waals surface area contributed by atoms with E-state index in [9.17, 15) is 5.11 Å². The molecule has 0 bridgehead atoms. The van der Waals surface area contributed by atoms with Crippen molar-refractivity contribution in [3.05, 3.63) is 65.7 Å². The number of piperidine rings is 2. The Labute approximate surface area is 175 Å². The van der Waals surface area contributed by atoms with Crippen molar-refractivity contribution in [2.24, 2.45) is 0 Å². The second-order valence-corrected chi connectivity index (χ2v) is 9.02. The summed E-state index contributed by atoms with van der Waals surface area (Å²) >= 11 is 0. The van der Waals surface area contributed by atoms with Crippen LogP contribution in [0.4, 0.5) is 5.69 Å². The number of likely N-dealkylation sites (N-methyl/N-ethyl adjacent to an activating group) is 1. The number of hydrogen-bond acceptors (Lipinski definition) is 4. The molecular weight excluding hydrogens is 358 g/mol. The number of rotatable bonds is 4. The van der Waals surface area contributed by atoms with Gasteiger partial charge in [-0.1, -0.05) is 48.5 Å². The molecule has 4 heteroatoms. The highest BCUT2D eigenvalue weighted by Gasteiger charge is 2.45. The van der Waals surface area contributed by atoms with Crippen LogP contribution in [0, 0.1) is 6.92 Å². The summed E-state index contributed by atoms with van der Waals surface area (Å²) in [6.45, 7) is 6.32. The number of anilines is 1. The van der Waals surface area contributed by atoms with Gasteiger partial charge in [-0.25, -0.2) is 0 Å². The molecule has 0 radical (unpaired) electrons. The summed E-state index contributed by atoms with van der Waals surface area (Å²) in [6, 6.07) is 19.7. The minimum absolute atomic E-state index is 0.105. The SMILES string of the molecule is Cc1ccccc1N1CCC(N2CC[C@](O)(c3ccccc3)[C@H](N(C)C)C2)CC1. The minimum atomic E-state index is -0.775. The first-order valence-electron chi connectivity index (χ1n) is 11.0. The molecule has 2 saturated heterocycles. The van der Waals surface area contributed by atoms with Gasteiger partial charge in [0, 0.05) is 37.9 Å². The van der Waals surface area contributed by atoms with Crippen LogP contribution in [0.5, 0.6) is 0 Å². The third-order valence-corrected chi connectivity index (χ3v) is 7.07. The van der Waals surface area contributed by atoms with E-state index in [1.807, 2.05) is 18.2 Å². The van der Waals surface area contributed by atoms with Crippen molar-refractivity contribution in [3.8, 4) is 0 Å². The first kappa shape index (κ1) is 20.4. The zero-order valence-corrected chi connectivity index (χ0v) is 18.1. The van der Waals surface area contributed by atoms with Gasteiger partial charge in [0.05, 0.1) is 6.04 Å². The highest BCUT2D eigenvalue weighted by molar-refractivity contribution is 5.53. The summed E-state index contributed by atoms with van der Waals surface area (Å²) in [7, 11) is 4.20. The Morgan fingerprint density at radius 2 is 1.59 bits per heavy atom. The van der Waals surface area contributed by atoms with Crippen LogP contribution >= 0.6 is 0 Å². The van der Waals surface area contributed by atoms with Crippen LogP contribution in [0.1, 0.15) is 30.4 Å². The van der Waals surface area contributed by atoms with E-state index in [2.05, 4.69) is 72.1 Å². The fourth-order valence-electron chi connectivity index (χ4n) is 5.32. The van der Waals surface area contributed by atoms with Crippen LogP contribution < -0.4 is 4.90 Å². The fraction of sp³-hybridized carbons (Fsp3) is 0.520. The lowest BCUT2D eigenvalue weighted by Gasteiger charge is -2.51. The Morgan fingerprint density at radius 3 is 2.24 bits per heavy atom. The molecule has 2 aromatic rings. The Morgan fingerprint density at radius 1 is 0.931 bits per heavy atom. The van der Waals surface area contributed by atoms with Crippen molar-refractivity contribution in [3.63, 3.8) is 0 Å². The third-order valence-electron chi connectivity index (χ3n) is 7.07. The lowest BCUT2D eigenvalue weighted by molar-refractivity contribution is -0.0965. The van der Waals surface area contributed by atoms with Crippen LogP contribution in [0.15, 0.2) is 54.6 Å². The molecule has 2 aromatic carbocycles. The average Bonchev–Trinajstić information content (AvgIpc) is 2.75. The van der Waals surface area contributed by atoms with Crippen molar-refractivity contribution in [2.45, 2.75) is 43.9 Å². The lowest BCUT2D eigenvalue weighted by Crippen LogP contribution is -2.61. The molecule has 2 fully saturated rings. The standard InChI is InChI=1S/C25H35N3O/c1-20-9-7-8-12-23(20)27-16-13-22(14-17-27)28-18-15-25(29,24(19-28)26(2)3)21-10-5-4-6-11-21/h4-12,22,24,29H,13-19H2,1-3H3/t24-,25+/m1/s1. The van der Waals surface area contributed by atoms with E-state index in [1.54, 1.807) is 0 Å². The summed E-state index contributed by atoms with van der Waals surface area (Å²) in [5.41, 5.74) is 3.02. The van der Waals surface area contributed by atoms with Crippen LogP contribution in [0.25, 0.3) is 0 Å². The molecule has 0 amide bonds. The van der Waals surface area contributed by atoms with Gasteiger partial charge in [-0.2, -0.15) is 0 Å². The van der Waals surface area contributed by atoms with Crippen molar-refractivity contribution in [1.82, 2.24) is 9.80 Å². The molecule has 29 heavy (non-hydrogen) atoms. The molecule has 2 atom stereocenters. The molecule has 0 aliphatic carbocycles. The Hall–Kier alpha value is -1.88. The number of nitrogens with zero attached hydrogens (tertiary/aromatic N) is 3. The van der Waals surface area contributed by atoms with Gasteiger partial charge in [0.1, 0.15) is 5.60 Å². The molecule has 1 N–H and O–H groups in total. The van der Waals surface area contributed by atoms with Gasteiger partial charge < -0.3 is 14.9 Å². The maximum Gasteiger partial charge on any atom is 0.107 e. The number of aliphatic hydroxyl groups is 1. The van der Waals surface area contributed by atoms with Gasteiger partial charge in [-0.3, -0.25) is 4.90 Å². The molecule has 2 aliphatic rings.